The summed E-state index contributed by atoms with van der Waals surface area (Å²) in [4.78, 5) is 12.3. The van der Waals surface area contributed by atoms with E-state index >= 15 is 0 Å². The van der Waals surface area contributed by atoms with Crippen LogP contribution in [-0.4, -0.2) is 15.9 Å². The van der Waals surface area contributed by atoms with Crippen molar-refractivity contribution in [3.05, 3.63) is 63.0 Å². The van der Waals surface area contributed by atoms with Crippen molar-refractivity contribution in [2.75, 3.05) is 0 Å². The predicted octanol–water partition coefficient (Wildman–Crippen LogP) is 5.72. The molecule has 23 heavy (non-hydrogen) atoms. The van der Waals surface area contributed by atoms with Gasteiger partial charge in [0, 0.05) is 14.5 Å². The molecule has 1 amide bonds. The number of hydrogen-bond acceptors (Lipinski definition) is 2. The first-order valence-electron chi connectivity index (χ1n) is 6.31. The Hall–Kier alpha value is -0.460. The highest BCUT2D eigenvalue weighted by Crippen LogP contribution is 2.32. The molecule has 0 aliphatic carbocycles. The van der Waals surface area contributed by atoms with E-state index in [-0.39, 0.29) is 0 Å². The van der Waals surface area contributed by atoms with Crippen molar-refractivity contribution >= 4 is 72.6 Å². The first kappa shape index (κ1) is 18.9. The summed E-state index contributed by atoms with van der Waals surface area (Å²) in [5.41, 5.74) is 0.423. The van der Waals surface area contributed by atoms with Crippen molar-refractivity contribution in [2.24, 2.45) is 0 Å². The number of hydrogen-bond donors (Lipinski definition) is 1. The third-order valence-electron chi connectivity index (χ3n) is 2.73. The lowest BCUT2D eigenvalue weighted by Crippen LogP contribution is -2.47. The molecule has 3 nitrogen and oxygen atoms in total. The van der Waals surface area contributed by atoms with Gasteiger partial charge in [-0.05, 0) is 48.5 Å². The van der Waals surface area contributed by atoms with Gasteiger partial charge in [0.2, 0.25) is 10.0 Å². The maximum absolute atomic E-state index is 12.3. The summed E-state index contributed by atoms with van der Waals surface area (Å²) in [6.07, 6.45) is -1.15. The van der Waals surface area contributed by atoms with E-state index in [0.717, 1.165) is 8.95 Å². The van der Waals surface area contributed by atoms with Crippen LogP contribution in [0.4, 0.5) is 0 Å². The second kappa shape index (κ2) is 8.08. The van der Waals surface area contributed by atoms with Crippen molar-refractivity contribution in [3.8, 4) is 5.75 Å². The van der Waals surface area contributed by atoms with E-state index in [1.165, 1.54) is 0 Å². The Kier molecular flexibility index (Phi) is 6.63. The fourth-order valence-electron chi connectivity index (χ4n) is 1.63. The molecule has 0 bridgehead atoms. The second-order valence-corrected chi connectivity index (χ2v) is 8.67. The van der Waals surface area contributed by atoms with Crippen LogP contribution in [0.15, 0.2) is 57.5 Å². The van der Waals surface area contributed by atoms with Gasteiger partial charge in [-0.1, -0.05) is 66.7 Å². The van der Waals surface area contributed by atoms with Crippen molar-refractivity contribution in [1.82, 2.24) is 5.32 Å². The SMILES string of the molecule is O=C(N[C@@H](Oc1ccc(Br)cc1)C(Cl)(Cl)Cl)c1ccc(Br)cc1. The third-order valence-corrected chi connectivity index (χ3v) is 4.39. The van der Waals surface area contributed by atoms with Crippen LogP contribution in [0, 0.1) is 0 Å². The largest absolute Gasteiger partial charge is 0.466 e. The van der Waals surface area contributed by atoms with E-state index in [9.17, 15) is 4.79 Å². The molecule has 2 aromatic carbocycles. The van der Waals surface area contributed by atoms with E-state index in [4.69, 9.17) is 39.5 Å². The average Bonchev–Trinajstić information content (AvgIpc) is 2.48. The molecule has 0 saturated carbocycles. The maximum atomic E-state index is 12.3. The van der Waals surface area contributed by atoms with Gasteiger partial charge >= 0.3 is 0 Å². The lowest BCUT2D eigenvalue weighted by atomic mass is 10.2. The van der Waals surface area contributed by atoms with Crippen LogP contribution in [-0.2, 0) is 0 Å². The smallest absolute Gasteiger partial charge is 0.254 e. The van der Waals surface area contributed by atoms with Gasteiger partial charge in [-0.2, -0.15) is 0 Å². The maximum Gasteiger partial charge on any atom is 0.254 e. The van der Waals surface area contributed by atoms with Crippen LogP contribution in [0.25, 0.3) is 0 Å². The molecule has 1 N–H and O–H groups in total. The molecule has 0 saturated heterocycles. The molecule has 0 radical (unpaired) electrons. The van der Waals surface area contributed by atoms with Gasteiger partial charge in [-0.25, -0.2) is 0 Å². The van der Waals surface area contributed by atoms with Gasteiger partial charge < -0.3 is 10.1 Å². The number of carbonyl (C=O) groups excluding carboxylic acids is 1. The summed E-state index contributed by atoms with van der Waals surface area (Å²) in [6.45, 7) is 0. The van der Waals surface area contributed by atoms with Gasteiger partial charge in [0.15, 0.2) is 0 Å². The minimum Gasteiger partial charge on any atom is -0.466 e. The molecule has 2 aromatic rings. The minimum absolute atomic E-state index is 0.411. The summed E-state index contributed by atoms with van der Waals surface area (Å²) in [5.74, 6) is 0.0477. The number of ether oxygens (including phenoxy) is 1. The quantitative estimate of drug-likeness (QED) is 0.429. The second-order valence-electron chi connectivity index (χ2n) is 4.47. The lowest BCUT2D eigenvalue weighted by Gasteiger charge is -2.26. The van der Waals surface area contributed by atoms with Gasteiger partial charge in [-0.15, -0.1) is 0 Å². The van der Waals surface area contributed by atoms with Crippen LogP contribution in [0.1, 0.15) is 10.4 Å². The molecule has 122 valence electrons. The molecule has 0 spiro atoms. The van der Waals surface area contributed by atoms with Crippen LogP contribution in [0.2, 0.25) is 0 Å². The Morgan fingerprint density at radius 3 is 1.91 bits per heavy atom. The highest BCUT2D eigenvalue weighted by Gasteiger charge is 2.36. The number of alkyl halides is 3. The molecule has 0 aromatic heterocycles. The Balaban J connectivity index is 2.14. The molecule has 0 fully saturated rings. The number of halogens is 5. The molecule has 0 heterocycles. The first-order chi connectivity index (χ1) is 10.8. The monoisotopic (exact) mass is 499 g/mol. The van der Waals surface area contributed by atoms with E-state index in [2.05, 4.69) is 37.2 Å². The van der Waals surface area contributed by atoms with Crippen molar-refractivity contribution in [1.29, 1.82) is 0 Å². The molecule has 2 rings (SSSR count). The van der Waals surface area contributed by atoms with Crippen molar-refractivity contribution in [3.63, 3.8) is 0 Å². The zero-order valence-corrected chi connectivity index (χ0v) is 16.8. The van der Waals surface area contributed by atoms with Gasteiger partial charge in [0.25, 0.3) is 5.91 Å². The van der Waals surface area contributed by atoms with Gasteiger partial charge in [0.1, 0.15) is 5.75 Å². The number of nitrogens with one attached hydrogen (secondary N) is 1. The summed E-state index contributed by atoms with van der Waals surface area (Å²) < 4.78 is 5.50. The number of carbonyl (C=O) groups is 1. The third kappa shape index (κ3) is 5.84. The van der Waals surface area contributed by atoms with Crippen LogP contribution in [0.5, 0.6) is 5.75 Å². The van der Waals surface area contributed by atoms with E-state index in [1.807, 2.05) is 0 Å². The molecule has 0 aliphatic heterocycles. The molecule has 0 aliphatic rings. The Labute approximate surface area is 165 Å². The molecule has 8 heteroatoms. The number of amides is 1. The molecule has 1 atom stereocenters. The zero-order valence-electron chi connectivity index (χ0n) is 11.4. The summed E-state index contributed by atoms with van der Waals surface area (Å²) in [7, 11) is 0. The highest BCUT2D eigenvalue weighted by molar-refractivity contribution is 9.10. The summed E-state index contributed by atoms with van der Waals surface area (Å²) >= 11 is 24.4. The number of rotatable bonds is 4. The van der Waals surface area contributed by atoms with Crippen molar-refractivity contribution < 1.29 is 9.53 Å². The molecular weight excluding hydrogens is 492 g/mol. The van der Waals surface area contributed by atoms with Crippen LogP contribution >= 0.6 is 66.7 Å². The predicted molar refractivity (Wildman–Crippen MR) is 100 cm³/mol. The topological polar surface area (TPSA) is 38.3 Å². The Morgan fingerprint density at radius 2 is 1.43 bits per heavy atom. The van der Waals surface area contributed by atoms with E-state index in [0.29, 0.717) is 11.3 Å². The summed E-state index contributed by atoms with van der Waals surface area (Å²) in [6, 6.07) is 13.7. The highest BCUT2D eigenvalue weighted by atomic mass is 79.9. The fraction of sp³-hybridized carbons (Fsp3) is 0.133. The normalized spacial score (nSPS) is 12.6. The van der Waals surface area contributed by atoms with Gasteiger partial charge in [0.05, 0.1) is 0 Å². The van der Waals surface area contributed by atoms with Gasteiger partial charge in [-0.3, -0.25) is 4.79 Å². The molecule has 0 unspecified atom stereocenters. The van der Waals surface area contributed by atoms with E-state index < -0.39 is 15.9 Å². The van der Waals surface area contributed by atoms with E-state index in [1.54, 1.807) is 48.5 Å². The Bertz CT molecular complexity index is 673. The summed E-state index contributed by atoms with van der Waals surface area (Å²) in [5, 5.41) is 2.57. The average molecular weight is 502 g/mol. The minimum atomic E-state index is -1.84. The standard InChI is InChI=1S/C15H10Br2Cl3NO2/c16-10-3-1-9(2-4-10)13(22)21-14(15(18,19)20)23-12-7-5-11(17)6-8-12/h1-8,14H,(H,21,22)/t14-/m0/s1. The Morgan fingerprint density at radius 1 is 0.957 bits per heavy atom. The van der Waals surface area contributed by atoms with Crippen molar-refractivity contribution in [2.45, 2.75) is 10.0 Å². The number of benzene rings is 2. The van der Waals surface area contributed by atoms with Crippen LogP contribution < -0.4 is 10.1 Å². The zero-order chi connectivity index (χ0) is 17.0. The molecular formula is C15H10Br2Cl3NO2. The fourth-order valence-corrected chi connectivity index (χ4v) is 2.46. The first-order valence-corrected chi connectivity index (χ1v) is 9.03. The van der Waals surface area contributed by atoms with Crippen LogP contribution in [0.3, 0.4) is 0 Å². The lowest BCUT2D eigenvalue weighted by molar-refractivity contribution is 0.0833.